The normalized spacial score (nSPS) is 15.8. The maximum atomic E-state index is 12.0. The summed E-state index contributed by atoms with van der Waals surface area (Å²) >= 11 is 0. The van der Waals surface area contributed by atoms with Gasteiger partial charge in [-0.25, -0.2) is 0 Å². The SMILES string of the molecule is CCC/C=C/C(=O)C1=C(C(=O)/C=C/CCC)C(=O)CC1. The third-order valence-electron chi connectivity index (χ3n) is 3.18. The molecule has 0 aromatic rings. The lowest BCUT2D eigenvalue weighted by molar-refractivity contribution is -0.119. The first kappa shape index (κ1) is 16.3. The standard InChI is InChI=1S/C17H22O3/c1-3-5-7-9-14(18)13-11-12-16(20)17(13)15(19)10-8-6-4-2/h7-10H,3-6,11-12H2,1-2H3/b9-7+,10-8+. The van der Waals surface area contributed by atoms with Crippen LogP contribution in [-0.2, 0) is 14.4 Å². The maximum Gasteiger partial charge on any atom is 0.189 e. The van der Waals surface area contributed by atoms with E-state index in [4.69, 9.17) is 0 Å². The average Bonchev–Trinajstić information content (AvgIpc) is 2.81. The molecule has 0 fully saturated rings. The molecule has 0 bridgehead atoms. The van der Waals surface area contributed by atoms with Gasteiger partial charge in [0, 0.05) is 12.0 Å². The number of rotatable bonds is 8. The van der Waals surface area contributed by atoms with Gasteiger partial charge < -0.3 is 0 Å². The van der Waals surface area contributed by atoms with Crippen molar-refractivity contribution in [3.05, 3.63) is 35.5 Å². The van der Waals surface area contributed by atoms with E-state index in [1.165, 1.54) is 12.2 Å². The summed E-state index contributed by atoms with van der Waals surface area (Å²) in [5, 5.41) is 0. The second kappa shape index (κ2) is 8.41. The highest BCUT2D eigenvalue weighted by atomic mass is 16.2. The van der Waals surface area contributed by atoms with Crippen LogP contribution in [-0.4, -0.2) is 17.3 Å². The van der Waals surface area contributed by atoms with E-state index in [9.17, 15) is 14.4 Å². The van der Waals surface area contributed by atoms with Crippen molar-refractivity contribution in [3.8, 4) is 0 Å². The molecule has 1 rings (SSSR count). The lowest BCUT2D eigenvalue weighted by Crippen LogP contribution is -2.10. The predicted molar refractivity (Wildman–Crippen MR) is 79.4 cm³/mol. The van der Waals surface area contributed by atoms with Crippen molar-refractivity contribution in [1.29, 1.82) is 0 Å². The zero-order valence-corrected chi connectivity index (χ0v) is 12.3. The molecule has 3 nitrogen and oxygen atoms in total. The Labute approximate surface area is 120 Å². The van der Waals surface area contributed by atoms with Crippen LogP contribution in [0.5, 0.6) is 0 Å². The first-order chi connectivity index (χ1) is 9.61. The Hall–Kier alpha value is -1.77. The second-order valence-corrected chi connectivity index (χ2v) is 4.89. The van der Waals surface area contributed by atoms with Crippen LogP contribution in [0.25, 0.3) is 0 Å². The Kier molecular flexibility index (Phi) is 6.85. The van der Waals surface area contributed by atoms with Crippen molar-refractivity contribution in [2.75, 3.05) is 0 Å². The van der Waals surface area contributed by atoms with E-state index in [0.29, 0.717) is 12.0 Å². The van der Waals surface area contributed by atoms with Crippen LogP contribution < -0.4 is 0 Å². The number of carbonyl (C=O) groups is 3. The Bertz CT molecular complexity index is 478. The van der Waals surface area contributed by atoms with Gasteiger partial charge in [-0.3, -0.25) is 14.4 Å². The smallest absolute Gasteiger partial charge is 0.189 e. The van der Waals surface area contributed by atoms with E-state index >= 15 is 0 Å². The van der Waals surface area contributed by atoms with Crippen LogP contribution in [0, 0.1) is 0 Å². The number of carbonyl (C=O) groups excluding carboxylic acids is 3. The van der Waals surface area contributed by atoms with Crippen LogP contribution in [0.3, 0.4) is 0 Å². The Morgan fingerprint density at radius 2 is 1.50 bits per heavy atom. The molecule has 3 heteroatoms. The lowest BCUT2D eigenvalue weighted by Gasteiger charge is -1.99. The molecule has 0 amide bonds. The lowest BCUT2D eigenvalue weighted by atomic mass is 10.0. The summed E-state index contributed by atoms with van der Waals surface area (Å²) in [6.45, 7) is 4.04. The molecule has 0 aromatic carbocycles. The van der Waals surface area contributed by atoms with Gasteiger partial charge >= 0.3 is 0 Å². The molecule has 0 saturated carbocycles. The molecule has 0 radical (unpaired) electrons. The largest absolute Gasteiger partial charge is 0.294 e. The summed E-state index contributed by atoms with van der Waals surface area (Å²) < 4.78 is 0. The highest BCUT2D eigenvalue weighted by molar-refractivity contribution is 6.30. The summed E-state index contributed by atoms with van der Waals surface area (Å²) in [4.78, 5) is 35.9. The van der Waals surface area contributed by atoms with E-state index in [-0.39, 0.29) is 29.3 Å². The highest BCUT2D eigenvalue weighted by Crippen LogP contribution is 2.25. The fourth-order valence-electron chi connectivity index (χ4n) is 2.09. The molecule has 0 heterocycles. The van der Waals surface area contributed by atoms with E-state index in [0.717, 1.165) is 25.7 Å². The van der Waals surface area contributed by atoms with Gasteiger partial charge in [0.1, 0.15) is 0 Å². The zero-order chi connectivity index (χ0) is 15.0. The molecular formula is C17H22O3. The minimum absolute atomic E-state index is 0.100. The molecule has 20 heavy (non-hydrogen) atoms. The zero-order valence-electron chi connectivity index (χ0n) is 12.3. The van der Waals surface area contributed by atoms with Crippen LogP contribution in [0.15, 0.2) is 35.5 Å². The number of hydrogen-bond donors (Lipinski definition) is 0. The Morgan fingerprint density at radius 1 is 0.950 bits per heavy atom. The number of ketones is 3. The third-order valence-corrected chi connectivity index (χ3v) is 3.18. The molecule has 1 aliphatic carbocycles. The summed E-state index contributed by atoms with van der Waals surface area (Å²) in [5.41, 5.74) is 0.483. The van der Waals surface area contributed by atoms with E-state index < -0.39 is 0 Å². The molecule has 0 spiro atoms. The van der Waals surface area contributed by atoms with E-state index in [1.54, 1.807) is 12.2 Å². The molecule has 0 N–H and O–H groups in total. The van der Waals surface area contributed by atoms with Gasteiger partial charge in [0.2, 0.25) is 0 Å². The van der Waals surface area contributed by atoms with Crippen molar-refractivity contribution < 1.29 is 14.4 Å². The quantitative estimate of drug-likeness (QED) is 0.503. The molecule has 108 valence electrons. The summed E-state index contributed by atoms with van der Waals surface area (Å²) in [5.74, 6) is -0.729. The highest BCUT2D eigenvalue weighted by Gasteiger charge is 2.29. The number of Topliss-reactive ketones (excluding diaryl/α,β-unsaturated/α-hetero) is 1. The Morgan fingerprint density at radius 3 is 2.05 bits per heavy atom. The first-order valence-electron chi connectivity index (χ1n) is 7.29. The minimum Gasteiger partial charge on any atom is -0.294 e. The van der Waals surface area contributed by atoms with Gasteiger partial charge in [-0.1, -0.05) is 38.8 Å². The van der Waals surface area contributed by atoms with Crippen LogP contribution in [0.4, 0.5) is 0 Å². The molecule has 1 aliphatic rings. The Balaban J connectivity index is 2.91. The minimum atomic E-state index is -0.326. The predicted octanol–water partition coefficient (Wildman–Crippen LogP) is 3.50. The molecule has 0 unspecified atom stereocenters. The fraction of sp³-hybridized carbons (Fsp3) is 0.471. The molecule has 0 aliphatic heterocycles. The maximum absolute atomic E-state index is 12.0. The van der Waals surface area contributed by atoms with Gasteiger partial charge in [-0.15, -0.1) is 0 Å². The topological polar surface area (TPSA) is 51.2 Å². The van der Waals surface area contributed by atoms with E-state index in [1.807, 2.05) is 13.8 Å². The third kappa shape index (κ3) is 4.41. The van der Waals surface area contributed by atoms with Gasteiger partial charge in [0.15, 0.2) is 17.3 Å². The number of unbranched alkanes of at least 4 members (excludes halogenated alkanes) is 2. The summed E-state index contributed by atoms with van der Waals surface area (Å²) in [7, 11) is 0. The molecule has 0 aromatic heterocycles. The van der Waals surface area contributed by atoms with Crippen molar-refractivity contribution in [2.45, 2.75) is 52.4 Å². The fourth-order valence-corrected chi connectivity index (χ4v) is 2.09. The molecule has 0 saturated heterocycles. The number of allylic oxidation sites excluding steroid dienone is 6. The average molecular weight is 274 g/mol. The number of hydrogen-bond acceptors (Lipinski definition) is 3. The van der Waals surface area contributed by atoms with Crippen molar-refractivity contribution in [1.82, 2.24) is 0 Å². The van der Waals surface area contributed by atoms with Gasteiger partial charge in [0.25, 0.3) is 0 Å². The monoisotopic (exact) mass is 274 g/mol. The first-order valence-corrected chi connectivity index (χ1v) is 7.29. The van der Waals surface area contributed by atoms with Crippen molar-refractivity contribution in [3.63, 3.8) is 0 Å². The second-order valence-electron chi connectivity index (χ2n) is 4.89. The summed E-state index contributed by atoms with van der Waals surface area (Å²) in [6.07, 6.45) is 10.7. The summed E-state index contributed by atoms with van der Waals surface area (Å²) in [6, 6.07) is 0. The van der Waals surface area contributed by atoms with E-state index in [2.05, 4.69) is 0 Å². The van der Waals surface area contributed by atoms with Crippen LogP contribution >= 0.6 is 0 Å². The van der Waals surface area contributed by atoms with Crippen LogP contribution in [0.2, 0.25) is 0 Å². The van der Waals surface area contributed by atoms with Crippen molar-refractivity contribution in [2.24, 2.45) is 0 Å². The van der Waals surface area contributed by atoms with Gasteiger partial charge in [-0.05, 0) is 31.4 Å². The molecule has 0 atom stereocenters. The molecular weight excluding hydrogens is 252 g/mol. The van der Waals surface area contributed by atoms with Gasteiger partial charge in [-0.2, -0.15) is 0 Å². The van der Waals surface area contributed by atoms with Crippen molar-refractivity contribution >= 4 is 17.3 Å². The van der Waals surface area contributed by atoms with Crippen LogP contribution in [0.1, 0.15) is 52.4 Å². The van der Waals surface area contributed by atoms with Gasteiger partial charge in [0.05, 0.1) is 5.57 Å².